The summed E-state index contributed by atoms with van der Waals surface area (Å²) in [6.07, 6.45) is 0.906. The van der Waals surface area contributed by atoms with Gasteiger partial charge in [0, 0.05) is 37.8 Å². The molecule has 0 amide bonds. The maximum atomic E-state index is 13.7. The number of benzene rings is 1. The molecule has 0 spiro atoms. The predicted molar refractivity (Wildman–Crippen MR) is 82.4 cm³/mol. The molecular weight excluding hydrogens is 323 g/mol. The Bertz CT molecular complexity index is 461. The topological polar surface area (TPSA) is 35.5 Å². The lowest BCUT2D eigenvalue weighted by molar-refractivity contribution is 0.151. The van der Waals surface area contributed by atoms with Crippen LogP contribution in [0, 0.1) is 11.7 Å². The molecule has 0 aliphatic carbocycles. The first-order valence-electron chi connectivity index (χ1n) is 7.11. The van der Waals surface area contributed by atoms with Gasteiger partial charge in [-0.1, -0.05) is 13.8 Å². The zero-order valence-corrected chi connectivity index (χ0v) is 13.6. The van der Waals surface area contributed by atoms with E-state index in [1.807, 2.05) is 0 Å². The Hall–Kier alpha value is -0.650. The molecule has 1 aliphatic rings. The molecule has 1 aromatic carbocycles. The monoisotopic (exact) mass is 344 g/mol. The van der Waals surface area contributed by atoms with Crippen LogP contribution in [0.2, 0.25) is 0 Å². The van der Waals surface area contributed by atoms with Gasteiger partial charge in [-0.25, -0.2) is 4.39 Å². The molecule has 0 saturated carbocycles. The number of nitrogens with one attached hydrogen (secondary N) is 1. The lowest BCUT2D eigenvalue weighted by atomic mass is 9.94. The van der Waals surface area contributed by atoms with Crippen LogP contribution in [0.1, 0.15) is 31.9 Å². The van der Waals surface area contributed by atoms with Gasteiger partial charge in [0.05, 0.1) is 4.47 Å². The molecule has 1 saturated heterocycles. The maximum absolute atomic E-state index is 13.7. The van der Waals surface area contributed by atoms with E-state index in [-0.39, 0.29) is 17.6 Å². The van der Waals surface area contributed by atoms with Crippen LogP contribution in [0.3, 0.4) is 0 Å². The summed E-state index contributed by atoms with van der Waals surface area (Å²) < 4.78 is 14.1. The Labute approximate surface area is 128 Å². The predicted octanol–water partition coefficient (Wildman–Crippen LogP) is 3.29. The summed E-state index contributed by atoms with van der Waals surface area (Å²) in [4.78, 5) is 2.33. The van der Waals surface area contributed by atoms with Gasteiger partial charge in [-0.2, -0.15) is 0 Å². The van der Waals surface area contributed by atoms with Gasteiger partial charge in [0.25, 0.3) is 0 Å². The lowest BCUT2D eigenvalue weighted by Crippen LogP contribution is -2.45. The number of phenols is 1. The lowest BCUT2D eigenvalue weighted by Gasteiger charge is -2.36. The van der Waals surface area contributed by atoms with E-state index in [0.29, 0.717) is 16.0 Å². The van der Waals surface area contributed by atoms with Gasteiger partial charge in [-0.3, -0.25) is 4.90 Å². The van der Waals surface area contributed by atoms with Crippen LogP contribution in [0.15, 0.2) is 16.6 Å². The molecule has 0 unspecified atom stereocenters. The summed E-state index contributed by atoms with van der Waals surface area (Å²) in [6.45, 7) is 8.02. The van der Waals surface area contributed by atoms with Crippen LogP contribution >= 0.6 is 15.9 Å². The number of rotatable bonds is 4. The summed E-state index contributed by atoms with van der Waals surface area (Å²) in [6, 6.07) is 2.84. The average Bonchev–Trinajstić information content (AvgIpc) is 2.41. The van der Waals surface area contributed by atoms with Gasteiger partial charge in [0.2, 0.25) is 0 Å². The van der Waals surface area contributed by atoms with Gasteiger partial charge in [0.1, 0.15) is 11.6 Å². The highest BCUT2D eigenvalue weighted by molar-refractivity contribution is 9.10. The third-order valence-corrected chi connectivity index (χ3v) is 4.31. The van der Waals surface area contributed by atoms with Crippen LogP contribution in [-0.2, 0) is 0 Å². The molecule has 5 heteroatoms. The maximum Gasteiger partial charge on any atom is 0.134 e. The number of piperazine rings is 1. The van der Waals surface area contributed by atoms with Gasteiger partial charge in [-0.15, -0.1) is 0 Å². The van der Waals surface area contributed by atoms with E-state index in [1.165, 1.54) is 12.1 Å². The van der Waals surface area contributed by atoms with Crippen LogP contribution in [0.4, 0.5) is 4.39 Å². The largest absolute Gasteiger partial charge is 0.506 e. The van der Waals surface area contributed by atoms with Crippen molar-refractivity contribution in [1.82, 2.24) is 10.2 Å². The zero-order chi connectivity index (χ0) is 14.7. The molecule has 1 fully saturated rings. The quantitative estimate of drug-likeness (QED) is 0.879. The first-order chi connectivity index (χ1) is 9.49. The summed E-state index contributed by atoms with van der Waals surface area (Å²) in [7, 11) is 0. The Balaban J connectivity index is 2.34. The van der Waals surface area contributed by atoms with Crippen molar-refractivity contribution in [3.63, 3.8) is 0 Å². The standard InChI is InChI=1S/C15H22BrFN2O/c1-10(2)7-14(19-5-3-18-4-6-19)12-8-11(17)9-13(16)15(12)20/h8-10,14,18,20H,3-7H2,1-2H3/t14-/m0/s1. The van der Waals surface area contributed by atoms with Crippen LogP contribution < -0.4 is 5.32 Å². The first kappa shape index (κ1) is 15.7. The fraction of sp³-hybridized carbons (Fsp3) is 0.600. The van der Waals surface area contributed by atoms with Crippen molar-refractivity contribution in [2.45, 2.75) is 26.3 Å². The normalized spacial score (nSPS) is 18.4. The number of hydrogen-bond acceptors (Lipinski definition) is 3. The summed E-state index contributed by atoms with van der Waals surface area (Å²) in [5, 5.41) is 13.6. The molecule has 1 heterocycles. The van der Waals surface area contributed by atoms with Gasteiger partial charge in [0.15, 0.2) is 0 Å². The molecule has 3 nitrogen and oxygen atoms in total. The molecule has 0 radical (unpaired) electrons. The molecule has 1 atom stereocenters. The highest BCUT2D eigenvalue weighted by atomic mass is 79.9. The van der Waals surface area contributed by atoms with Crippen molar-refractivity contribution in [2.24, 2.45) is 5.92 Å². The number of aromatic hydroxyl groups is 1. The molecule has 112 valence electrons. The van der Waals surface area contributed by atoms with Crippen LogP contribution in [0.5, 0.6) is 5.75 Å². The van der Waals surface area contributed by atoms with Crippen LogP contribution in [-0.4, -0.2) is 36.2 Å². The molecular formula is C15H22BrFN2O. The van der Waals surface area contributed by atoms with E-state index >= 15 is 0 Å². The number of phenolic OH excluding ortho intramolecular Hbond substituents is 1. The minimum Gasteiger partial charge on any atom is -0.506 e. The van der Waals surface area contributed by atoms with Crippen molar-refractivity contribution >= 4 is 15.9 Å². The van der Waals surface area contributed by atoms with Crippen molar-refractivity contribution in [2.75, 3.05) is 26.2 Å². The SMILES string of the molecule is CC(C)C[C@@H](c1cc(F)cc(Br)c1O)N1CCNCC1. The van der Waals surface area contributed by atoms with Crippen molar-refractivity contribution in [1.29, 1.82) is 0 Å². The van der Waals surface area contributed by atoms with E-state index in [9.17, 15) is 9.50 Å². The Morgan fingerprint density at radius 3 is 2.60 bits per heavy atom. The Kier molecular flexibility index (Phi) is 5.41. The van der Waals surface area contributed by atoms with Gasteiger partial charge in [-0.05, 0) is 40.4 Å². The third-order valence-electron chi connectivity index (χ3n) is 3.70. The van der Waals surface area contributed by atoms with E-state index in [0.717, 1.165) is 32.6 Å². The van der Waals surface area contributed by atoms with E-state index in [1.54, 1.807) is 0 Å². The second kappa shape index (κ2) is 6.87. The Morgan fingerprint density at radius 1 is 1.35 bits per heavy atom. The van der Waals surface area contributed by atoms with Gasteiger partial charge >= 0.3 is 0 Å². The summed E-state index contributed by atoms with van der Waals surface area (Å²) >= 11 is 3.23. The molecule has 0 bridgehead atoms. The highest BCUT2D eigenvalue weighted by Crippen LogP contribution is 2.38. The molecule has 2 N–H and O–H groups in total. The minimum atomic E-state index is -0.312. The van der Waals surface area contributed by atoms with Crippen molar-refractivity contribution in [3.05, 3.63) is 28.0 Å². The first-order valence-corrected chi connectivity index (χ1v) is 7.91. The highest BCUT2D eigenvalue weighted by Gasteiger charge is 2.26. The zero-order valence-electron chi connectivity index (χ0n) is 12.0. The third kappa shape index (κ3) is 3.71. The minimum absolute atomic E-state index is 0.0594. The number of halogens is 2. The van der Waals surface area contributed by atoms with Crippen LogP contribution in [0.25, 0.3) is 0 Å². The summed E-state index contributed by atoms with van der Waals surface area (Å²) in [5.74, 6) is 0.334. The molecule has 20 heavy (non-hydrogen) atoms. The number of nitrogens with zero attached hydrogens (tertiary/aromatic N) is 1. The molecule has 0 aromatic heterocycles. The second-order valence-corrected chi connectivity index (χ2v) is 6.61. The molecule has 1 aliphatic heterocycles. The van der Waals surface area contributed by atoms with Crippen molar-refractivity contribution < 1.29 is 9.50 Å². The van der Waals surface area contributed by atoms with E-state index in [4.69, 9.17) is 0 Å². The number of hydrogen-bond donors (Lipinski definition) is 2. The van der Waals surface area contributed by atoms with E-state index < -0.39 is 0 Å². The average molecular weight is 345 g/mol. The Morgan fingerprint density at radius 2 is 2.00 bits per heavy atom. The fourth-order valence-corrected chi connectivity index (χ4v) is 3.20. The molecule has 2 rings (SSSR count). The summed E-state index contributed by atoms with van der Waals surface area (Å²) in [5.41, 5.74) is 0.687. The smallest absolute Gasteiger partial charge is 0.134 e. The van der Waals surface area contributed by atoms with E-state index in [2.05, 4.69) is 40.0 Å². The van der Waals surface area contributed by atoms with Gasteiger partial charge < -0.3 is 10.4 Å². The second-order valence-electron chi connectivity index (χ2n) is 5.76. The fourth-order valence-electron chi connectivity index (χ4n) is 2.75. The van der Waals surface area contributed by atoms with Crippen molar-refractivity contribution in [3.8, 4) is 5.75 Å². The molecule has 1 aromatic rings.